The van der Waals surface area contributed by atoms with Crippen molar-refractivity contribution in [2.75, 3.05) is 19.8 Å². The smallest absolute Gasteiger partial charge is 0.187 e. The number of unbranched alkanes of at least 4 members (excludes halogenated alkanes) is 1. The van der Waals surface area contributed by atoms with Crippen LogP contribution in [0.5, 0.6) is 0 Å². The molecular formula is C48H82O18. The van der Waals surface area contributed by atoms with Gasteiger partial charge in [-0.15, -0.1) is 0 Å². The zero-order valence-electron chi connectivity index (χ0n) is 40.0. The molecule has 0 spiro atoms. The maximum Gasteiger partial charge on any atom is 0.187 e. The summed E-state index contributed by atoms with van der Waals surface area (Å²) in [5.41, 5.74) is -2.32. The quantitative estimate of drug-likeness (QED) is 0.0656. The van der Waals surface area contributed by atoms with Gasteiger partial charge >= 0.3 is 0 Å². The average molecular weight is 947 g/mol. The SMILES string of the molecule is CC(C)=CCCC[C@](C)(O[C@@H]1O[C@H](CO)[C@@H](O)[C@H](O)[C@H]1O)[C@H]1CC[C@]2(C)[C@H]1[C@H](O)C[C@@H]1[C@@]3(C)CC[C@H](O)C(C)(C)[C@@H]3[C@@H](O[C@@H]3O[C@H](CO)[C@@H](O)[C@H](O)[C@H]3O[C@@H]3OC[C@@H](O)[C@H](O)[C@H]3O)C[C@]12C. The highest BCUT2D eigenvalue weighted by Crippen LogP contribution is 2.76. The molecular weight excluding hydrogens is 865 g/mol. The predicted octanol–water partition coefficient (Wildman–Crippen LogP) is -0.0268. The average Bonchev–Trinajstić information content (AvgIpc) is 3.65. The second kappa shape index (κ2) is 19.6. The Balaban J connectivity index is 1.26. The van der Waals surface area contributed by atoms with Crippen molar-refractivity contribution in [1.82, 2.24) is 0 Å². The van der Waals surface area contributed by atoms with Crippen LogP contribution in [0.25, 0.3) is 0 Å². The zero-order chi connectivity index (χ0) is 48.6. The summed E-state index contributed by atoms with van der Waals surface area (Å²) in [7, 11) is 0. The fraction of sp³-hybridized carbons (Fsp3) is 0.958. The monoisotopic (exact) mass is 947 g/mol. The molecule has 7 aliphatic rings. The first-order chi connectivity index (χ1) is 30.8. The van der Waals surface area contributed by atoms with E-state index in [-0.39, 0.29) is 30.3 Å². The van der Waals surface area contributed by atoms with Gasteiger partial charge in [0.2, 0.25) is 0 Å². The third-order valence-corrected chi connectivity index (χ3v) is 18.6. The van der Waals surface area contributed by atoms with Crippen molar-refractivity contribution in [2.45, 2.75) is 223 Å². The Morgan fingerprint density at radius 2 is 1.32 bits per heavy atom. The van der Waals surface area contributed by atoms with Crippen molar-refractivity contribution in [3.05, 3.63) is 11.6 Å². The molecule has 4 saturated carbocycles. The molecule has 25 atom stereocenters. The summed E-state index contributed by atoms with van der Waals surface area (Å²) in [5.74, 6) is -1.09. The van der Waals surface area contributed by atoms with E-state index >= 15 is 0 Å². The molecule has 0 bridgehead atoms. The van der Waals surface area contributed by atoms with Gasteiger partial charge in [0.15, 0.2) is 18.9 Å². The number of hydrogen-bond acceptors (Lipinski definition) is 18. The maximum atomic E-state index is 12.8. The van der Waals surface area contributed by atoms with E-state index in [0.717, 1.165) is 12.0 Å². The minimum atomic E-state index is -1.73. The molecule has 0 aromatic carbocycles. The highest BCUT2D eigenvalue weighted by atomic mass is 16.8. The van der Waals surface area contributed by atoms with Gasteiger partial charge in [-0.05, 0) is 124 Å². The lowest BCUT2D eigenvalue weighted by molar-refractivity contribution is -0.377. The summed E-state index contributed by atoms with van der Waals surface area (Å²) in [6, 6.07) is 0. The van der Waals surface area contributed by atoms with Crippen molar-refractivity contribution in [3.8, 4) is 0 Å². The van der Waals surface area contributed by atoms with Crippen molar-refractivity contribution < 1.29 is 89.7 Å². The molecule has 382 valence electrons. The van der Waals surface area contributed by atoms with Crippen LogP contribution in [0.2, 0.25) is 0 Å². The van der Waals surface area contributed by atoms with Gasteiger partial charge in [-0.25, -0.2) is 0 Å². The third-order valence-electron chi connectivity index (χ3n) is 18.6. The summed E-state index contributed by atoms with van der Waals surface area (Å²) >= 11 is 0. The van der Waals surface area contributed by atoms with Crippen LogP contribution in [0, 0.1) is 45.3 Å². The van der Waals surface area contributed by atoms with Crippen molar-refractivity contribution >= 4 is 0 Å². The summed E-state index contributed by atoms with van der Waals surface area (Å²) in [6.07, 6.45) is -16.2. The lowest BCUT2D eigenvalue weighted by Gasteiger charge is -2.72. The minimum absolute atomic E-state index is 0.0810. The van der Waals surface area contributed by atoms with E-state index in [9.17, 15) is 61.3 Å². The molecule has 12 N–H and O–H groups in total. The summed E-state index contributed by atoms with van der Waals surface area (Å²) in [4.78, 5) is 0. The molecule has 18 nitrogen and oxygen atoms in total. The van der Waals surface area contributed by atoms with Crippen LogP contribution in [0.3, 0.4) is 0 Å². The van der Waals surface area contributed by atoms with Gasteiger partial charge in [-0.3, -0.25) is 0 Å². The fourth-order valence-corrected chi connectivity index (χ4v) is 14.8. The number of fused-ring (bicyclic) bond motifs is 5. The van der Waals surface area contributed by atoms with E-state index in [4.69, 9.17) is 28.4 Å². The maximum absolute atomic E-state index is 12.8. The van der Waals surface area contributed by atoms with Gasteiger partial charge < -0.3 is 89.7 Å². The van der Waals surface area contributed by atoms with Gasteiger partial charge in [-0.2, -0.15) is 0 Å². The number of aliphatic hydroxyl groups excluding tert-OH is 12. The van der Waals surface area contributed by atoms with Crippen LogP contribution < -0.4 is 0 Å². The second-order valence-electron chi connectivity index (χ2n) is 23.0. The lowest BCUT2D eigenvalue weighted by Crippen LogP contribution is -2.71. The number of rotatable bonds is 13. The molecule has 0 radical (unpaired) electrons. The molecule has 66 heavy (non-hydrogen) atoms. The third kappa shape index (κ3) is 8.90. The van der Waals surface area contributed by atoms with E-state index in [1.54, 1.807) is 0 Å². The largest absolute Gasteiger partial charge is 0.394 e. The summed E-state index contributed by atoms with van der Waals surface area (Å²) < 4.78 is 37.8. The van der Waals surface area contributed by atoms with E-state index in [1.807, 2.05) is 34.6 Å². The first kappa shape index (κ1) is 52.8. The molecule has 0 aromatic heterocycles. The van der Waals surface area contributed by atoms with Gasteiger partial charge in [0, 0.05) is 0 Å². The topological polar surface area (TPSA) is 298 Å². The van der Waals surface area contributed by atoms with Gasteiger partial charge in [0.05, 0.1) is 43.7 Å². The second-order valence-corrected chi connectivity index (χ2v) is 23.0. The fourth-order valence-electron chi connectivity index (χ4n) is 14.8. The Morgan fingerprint density at radius 3 is 1.95 bits per heavy atom. The standard InChI is InChI=1S/C48H82O18/c1-22(2)11-9-10-14-48(8,66-42-38(60)35(57)33(55)27(19-49)63-42)23-12-16-46(6)31(23)24(51)17-29-45(5)15-13-30(53)44(3,4)40(45)26(18-47(29,46)7)62-43-39(36(58)34(56)28(20-50)64-43)65-41-37(59)32(54)25(52)21-61-41/h11,23-43,49-60H,9-10,12-21H2,1-8H3/t23-,24+,25+,26-,27+,28+,29+,30-,31+,32-,33+,34+,35-,36-,37+,38+,39+,40-,41-,42-,43+,45+,46+,47+,48-/m0/s1. The highest BCUT2D eigenvalue weighted by Gasteiger charge is 2.74. The van der Waals surface area contributed by atoms with Crippen LogP contribution in [0.15, 0.2) is 11.6 Å². The van der Waals surface area contributed by atoms with Crippen LogP contribution in [0.1, 0.15) is 113 Å². The van der Waals surface area contributed by atoms with Crippen LogP contribution in [-0.2, 0) is 28.4 Å². The number of ether oxygens (including phenoxy) is 6. The first-order valence-electron chi connectivity index (χ1n) is 24.4. The first-order valence-corrected chi connectivity index (χ1v) is 24.4. The van der Waals surface area contributed by atoms with E-state index in [1.165, 1.54) is 0 Å². The van der Waals surface area contributed by atoms with E-state index < -0.39 is 145 Å². The molecule has 3 saturated heterocycles. The van der Waals surface area contributed by atoms with Crippen molar-refractivity contribution in [3.63, 3.8) is 0 Å². The number of aliphatic hydroxyl groups is 12. The highest BCUT2D eigenvalue weighted by molar-refractivity contribution is 5.22. The molecule has 18 heteroatoms. The zero-order valence-corrected chi connectivity index (χ0v) is 40.0. The summed E-state index contributed by atoms with van der Waals surface area (Å²) in [6.45, 7) is 15.1. The molecule has 0 unspecified atom stereocenters. The predicted molar refractivity (Wildman–Crippen MR) is 234 cm³/mol. The molecule has 4 aliphatic carbocycles. The van der Waals surface area contributed by atoms with Crippen LogP contribution in [0.4, 0.5) is 0 Å². The van der Waals surface area contributed by atoms with E-state index in [0.29, 0.717) is 51.4 Å². The van der Waals surface area contributed by atoms with E-state index in [2.05, 4.69) is 26.8 Å². The number of allylic oxidation sites excluding steroid dienone is 2. The minimum Gasteiger partial charge on any atom is -0.394 e. The van der Waals surface area contributed by atoms with Crippen molar-refractivity contribution in [1.29, 1.82) is 0 Å². The lowest BCUT2D eigenvalue weighted by atomic mass is 9.34. The van der Waals surface area contributed by atoms with Gasteiger partial charge in [0.1, 0.15) is 67.1 Å². The molecule has 0 amide bonds. The van der Waals surface area contributed by atoms with Crippen LogP contribution >= 0.6 is 0 Å². The van der Waals surface area contributed by atoms with Crippen LogP contribution in [-0.4, -0.2) is 191 Å². The number of hydrogen-bond donors (Lipinski definition) is 12. The van der Waals surface area contributed by atoms with Crippen molar-refractivity contribution in [2.24, 2.45) is 45.3 Å². The Morgan fingerprint density at radius 1 is 0.697 bits per heavy atom. The molecule has 3 aliphatic heterocycles. The molecule has 0 aromatic rings. The summed E-state index contributed by atoms with van der Waals surface area (Å²) in [5, 5.41) is 132. The van der Waals surface area contributed by atoms with Gasteiger partial charge in [0.25, 0.3) is 0 Å². The molecule has 3 heterocycles. The normalized spacial score (nSPS) is 52.4. The Hall–Kier alpha value is -0.980. The van der Waals surface area contributed by atoms with Gasteiger partial charge in [-0.1, -0.05) is 46.3 Å². The molecule has 7 fully saturated rings. The molecule has 7 rings (SSSR count). The Labute approximate surface area is 388 Å². The Kier molecular flexibility index (Phi) is 15.7. The Bertz CT molecular complexity index is 1680.